The average Bonchev–Trinajstić information content (AvgIpc) is 3.22. The third-order valence-corrected chi connectivity index (χ3v) is 6.94. The Balaban J connectivity index is 1.74. The lowest BCUT2D eigenvalue weighted by Gasteiger charge is -2.43. The van der Waals surface area contributed by atoms with Crippen molar-refractivity contribution in [1.82, 2.24) is 4.90 Å². The first-order chi connectivity index (χ1) is 14.8. The molecule has 0 bridgehead atoms. The monoisotopic (exact) mass is 409 g/mol. The van der Waals surface area contributed by atoms with Crippen LogP contribution in [0.25, 0.3) is 16.8 Å². The van der Waals surface area contributed by atoms with Gasteiger partial charge in [0.1, 0.15) is 5.75 Å². The molecule has 0 unspecified atom stereocenters. The number of allylic oxidation sites excluding steroid dienone is 4. The van der Waals surface area contributed by atoms with Gasteiger partial charge in [-0.1, -0.05) is 56.8 Å². The summed E-state index contributed by atoms with van der Waals surface area (Å²) < 4.78 is 6.21. The zero-order valence-corrected chi connectivity index (χ0v) is 19.1. The van der Waals surface area contributed by atoms with E-state index in [1.807, 2.05) is 0 Å². The zero-order valence-electron chi connectivity index (χ0n) is 19.1. The van der Waals surface area contributed by atoms with Crippen LogP contribution in [0.15, 0.2) is 72.5 Å². The van der Waals surface area contributed by atoms with E-state index in [0.717, 1.165) is 41.9 Å². The molecule has 0 saturated heterocycles. The molecule has 5 rings (SSSR count). The molecule has 0 fully saturated rings. The largest absolute Gasteiger partial charge is 0.492 e. The molecule has 2 heteroatoms. The van der Waals surface area contributed by atoms with Crippen LogP contribution in [0.1, 0.15) is 43.0 Å². The number of hydrogen-bond donors (Lipinski definition) is 0. The van der Waals surface area contributed by atoms with Crippen LogP contribution in [0.4, 0.5) is 0 Å². The molecular weight excluding hydrogens is 378 g/mol. The van der Waals surface area contributed by atoms with E-state index < -0.39 is 0 Å². The van der Waals surface area contributed by atoms with Crippen molar-refractivity contribution in [2.75, 3.05) is 6.61 Å². The van der Waals surface area contributed by atoms with Crippen molar-refractivity contribution in [3.8, 4) is 16.9 Å². The summed E-state index contributed by atoms with van der Waals surface area (Å²) in [5, 5.41) is 0. The van der Waals surface area contributed by atoms with Gasteiger partial charge in [0.2, 0.25) is 0 Å². The number of ether oxygens (including phenoxy) is 1. The van der Waals surface area contributed by atoms with Gasteiger partial charge in [-0.25, -0.2) is 0 Å². The van der Waals surface area contributed by atoms with Crippen LogP contribution in [-0.4, -0.2) is 17.5 Å². The number of hydrogen-bond acceptors (Lipinski definition) is 2. The van der Waals surface area contributed by atoms with E-state index in [1.54, 1.807) is 0 Å². The summed E-state index contributed by atoms with van der Waals surface area (Å²) in [4.78, 5) is 2.48. The quantitative estimate of drug-likeness (QED) is 0.550. The summed E-state index contributed by atoms with van der Waals surface area (Å²) in [5.74, 6) is 1.62. The molecule has 158 valence electrons. The van der Waals surface area contributed by atoms with Crippen molar-refractivity contribution in [2.45, 2.75) is 46.6 Å². The molecule has 0 aromatic heterocycles. The third kappa shape index (κ3) is 3.17. The lowest BCUT2D eigenvalue weighted by atomic mass is 9.79. The standard InChI is InChI=1S/C29H31NO/c1-17(2)26-16-30-27(18(3)4)15-24-22-11-12-31-29(22)23(21-9-7-19(5)8-10-21)14-25(24)28(30)13-20(26)6/h7-10,13-14,16,18,27H,1,6,11-12,15H2,2-5H3/t27-/m0/s1. The average molecular weight is 410 g/mol. The Morgan fingerprint density at radius 1 is 1.13 bits per heavy atom. The molecule has 2 nitrogen and oxygen atoms in total. The Morgan fingerprint density at radius 2 is 1.87 bits per heavy atom. The second-order valence-electron chi connectivity index (χ2n) is 9.52. The molecule has 3 aliphatic heterocycles. The molecule has 3 aliphatic rings. The van der Waals surface area contributed by atoms with E-state index in [4.69, 9.17) is 4.74 Å². The fraction of sp³-hybridized carbons (Fsp3) is 0.310. The first-order valence-electron chi connectivity index (χ1n) is 11.3. The highest BCUT2D eigenvalue weighted by molar-refractivity contribution is 5.84. The van der Waals surface area contributed by atoms with E-state index in [2.05, 4.69) is 88.4 Å². The van der Waals surface area contributed by atoms with Crippen molar-refractivity contribution in [3.05, 3.63) is 94.7 Å². The molecule has 3 heterocycles. The van der Waals surface area contributed by atoms with Gasteiger partial charge in [-0.3, -0.25) is 0 Å². The Labute approximate surface area is 186 Å². The normalized spacial score (nSPS) is 19.3. The molecule has 0 saturated carbocycles. The van der Waals surface area contributed by atoms with Crippen LogP contribution in [0.3, 0.4) is 0 Å². The van der Waals surface area contributed by atoms with E-state index in [1.165, 1.54) is 39.1 Å². The lowest BCUT2D eigenvalue weighted by Crippen LogP contribution is -2.41. The molecule has 0 spiro atoms. The minimum Gasteiger partial charge on any atom is -0.492 e. The van der Waals surface area contributed by atoms with E-state index in [9.17, 15) is 0 Å². The van der Waals surface area contributed by atoms with Gasteiger partial charge in [0.15, 0.2) is 0 Å². The Hall–Kier alpha value is -3.00. The van der Waals surface area contributed by atoms with Gasteiger partial charge < -0.3 is 9.64 Å². The fourth-order valence-electron chi connectivity index (χ4n) is 5.20. The van der Waals surface area contributed by atoms with Crippen LogP contribution < -0.4 is 4.74 Å². The van der Waals surface area contributed by atoms with Crippen molar-refractivity contribution in [1.29, 1.82) is 0 Å². The minimum atomic E-state index is 0.413. The van der Waals surface area contributed by atoms with Crippen LogP contribution in [0, 0.1) is 12.8 Å². The van der Waals surface area contributed by atoms with Crippen molar-refractivity contribution >= 4 is 5.70 Å². The third-order valence-electron chi connectivity index (χ3n) is 6.94. The van der Waals surface area contributed by atoms with Crippen molar-refractivity contribution in [3.63, 3.8) is 0 Å². The Bertz CT molecular complexity index is 1160. The first-order valence-corrected chi connectivity index (χ1v) is 11.3. The highest BCUT2D eigenvalue weighted by Crippen LogP contribution is 2.48. The molecule has 0 N–H and O–H groups in total. The number of fused-ring (bicyclic) bond motifs is 5. The lowest BCUT2D eigenvalue weighted by molar-refractivity contribution is 0.284. The van der Waals surface area contributed by atoms with Gasteiger partial charge in [-0.05, 0) is 66.2 Å². The summed E-state index contributed by atoms with van der Waals surface area (Å²) >= 11 is 0. The highest BCUT2D eigenvalue weighted by Gasteiger charge is 2.37. The SMILES string of the molecule is C=C(C)C1=CN2C(=CC1=C)c1cc(-c3ccc(C)cc3)c3c(c1C[C@H]2C(C)C)CCO3. The maximum absolute atomic E-state index is 6.21. The van der Waals surface area contributed by atoms with Gasteiger partial charge in [0.25, 0.3) is 0 Å². The summed E-state index contributed by atoms with van der Waals surface area (Å²) in [6.45, 7) is 18.2. The molecular formula is C29H31NO. The first kappa shape index (κ1) is 19.9. The smallest absolute Gasteiger partial charge is 0.130 e. The maximum Gasteiger partial charge on any atom is 0.130 e. The maximum atomic E-state index is 6.21. The van der Waals surface area contributed by atoms with Gasteiger partial charge in [-0.2, -0.15) is 0 Å². The number of rotatable bonds is 3. The second-order valence-corrected chi connectivity index (χ2v) is 9.52. The van der Waals surface area contributed by atoms with Crippen LogP contribution >= 0.6 is 0 Å². The predicted octanol–water partition coefficient (Wildman–Crippen LogP) is 6.85. The van der Waals surface area contributed by atoms with Crippen molar-refractivity contribution < 1.29 is 4.74 Å². The van der Waals surface area contributed by atoms with Gasteiger partial charge in [0, 0.05) is 41.1 Å². The van der Waals surface area contributed by atoms with Gasteiger partial charge in [0.05, 0.1) is 6.61 Å². The molecule has 0 radical (unpaired) electrons. The Kier molecular flexibility index (Phi) is 4.69. The van der Waals surface area contributed by atoms with Crippen LogP contribution in [0.2, 0.25) is 0 Å². The highest BCUT2D eigenvalue weighted by atomic mass is 16.5. The number of nitrogens with zero attached hydrogens (tertiary/aromatic N) is 1. The predicted molar refractivity (Wildman–Crippen MR) is 130 cm³/mol. The second kappa shape index (κ2) is 7.30. The molecule has 2 aromatic rings. The molecule has 1 atom stereocenters. The van der Waals surface area contributed by atoms with Gasteiger partial charge in [-0.15, -0.1) is 0 Å². The topological polar surface area (TPSA) is 12.5 Å². The van der Waals surface area contributed by atoms with Gasteiger partial charge >= 0.3 is 0 Å². The molecule has 0 amide bonds. The van der Waals surface area contributed by atoms with Crippen LogP contribution in [-0.2, 0) is 12.8 Å². The Morgan fingerprint density at radius 3 is 2.55 bits per heavy atom. The summed E-state index contributed by atoms with van der Waals surface area (Å²) in [5.41, 5.74) is 12.4. The summed E-state index contributed by atoms with van der Waals surface area (Å²) in [6.07, 6.45) is 6.57. The summed E-state index contributed by atoms with van der Waals surface area (Å²) in [7, 11) is 0. The van der Waals surface area contributed by atoms with E-state index in [-0.39, 0.29) is 0 Å². The zero-order chi connectivity index (χ0) is 21.9. The van der Waals surface area contributed by atoms with E-state index >= 15 is 0 Å². The molecule has 2 aromatic carbocycles. The van der Waals surface area contributed by atoms with Crippen molar-refractivity contribution in [2.24, 2.45) is 5.92 Å². The fourth-order valence-corrected chi connectivity index (χ4v) is 5.20. The van der Waals surface area contributed by atoms with Crippen LogP contribution in [0.5, 0.6) is 5.75 Å². The molecule has 31 heavy (non-hydrogen) atoms. The molecule has 0 aliphatic carbocycles. The number of benzene rings is 2. The number of aryl methyl sites for hydroxylation is 1. The van der Waals surface area contributed by atoms with E-state index in [0.29, 0.717) is 12.0 Å². The minimum absolute atomic E-state index is 0.413. The summed E-state index contributed by atoms with van der Waals surface area (Å²) in [6, 6.07) is 11.6.